The molecule has 1 N–H and O–H groups in total. The van der Waals surface area contributed by atoms with Gasteiger partial charge in [0.2, 0.25) is 5.91 Å². The van der Waals surface area contributed by atoms with Crippen LogP contribution in [-0.4, -0.2) is 58.2 Å². The Kier molecular flexibility index (Phi) is 2.72. The number of phenolic OH excluding ortho intramolecular Hbond substituents is 1. The molecular weight excluding hydrogens is 291 g/mol. The van der Waals surface area contributed by atoms with Crippen LogP contribution >= 0.6 is 0 Å². The van der Waals surface area contributed by atoms with Crippen molar-refractivity contribution < 1.29 is 23.8 Å². The predicted molar refractivity (Wildman–Crippen MR) is 72.5 cm³/mol. The Balaban J connectivity index is 1.65. The SMILES string of the molecule is O=C(c1ccc(O)c(F)c1)N1CC[C@@]23OCCN2C(=O)C[C@@H]13. The number of carbonyl (C=O) groups excluding carboxylic acids is 2. The first-order valence-electron chi connectivity index (χ1n) is 7.27. The molecule has 3 saturated heterocycles. The maximum absolute atomic E-state index is 13.5. The summed E-state index contributed by atoms with van der Waals surface area (Å²) in [6, 6.07) is 3.24. The van der Waals surface area contributed by atoms with Gasteiger partial charge in [-0.25, -0.2) is 4.39 Å². The van der Waals surface area contributed by atoms with Crippen LogP contribution in [0, 0.1) is 5.82 Å². The number of nitrogens with zero attached hydrogens (tertiary/aromatic N) is 2. The summed E-state index contributed by atoms with van der Waals surface area (Å²) in [6.07, 6.45) is 0.821. The zero-order valence-electron chi connectivity index (χ0n) is 11.8. The molecule has 0 saturated carbocycles. The molecule has 6 nitrogen and oxygen atoms in total. The van der Waals surface area contributed by atoms with Gasteiger partial charge in [0.25, 0.3) is 5.91 Å². The first-order valence-corrected chi connectivity index (χ1v) is 7.27. The van der Waals surface area contributed by atoms with Gasteiger partial charge >= 0.3 is 0 Å². The minimum atomic E-state index is -0.832. The van der Waals surface area contributed by atoms with Crippen LogP contribution < -0.4 is 0 Å². The van der Waals surface area contributed by atoms with Crippen LogP contribution in [0.3, 0.4) is 0 Å². The van der Waals surface area contributed by atoms with Crippen LogP contribution in [0.15, 0.2) is 18.2 Å². The molecule has 116 valence electrons. The summed E-state index contributed by atoms with van der Waals surface area (Å²) in [7, 11) is 0. The third kappa shape index (κ3) is 1.62. The number of hydrogen-bond acceptors (Lipinski definition) is 4. The van der Waals surface area contributed by atoms with E-state index in [-0.39, 0.29) is 29.8 Å². The van der Waals surface area contributed by atoms with Crippen molar-refractivity contribution in [3.63, 3.8) is 0 Å². The van der Waals surface area contributed by atoms with Crippen molar-refractivity contribution in [2.24, 2.45) is 0 Å². The van der Waals surface area contributed by atoms with E-state index in [9.17, 15) is 19.1 Å². The molecule has 2 amide bonds. The number of halogens is 1. The van der Waals surface area contributed by atoms with E-state index in [1.165, 1.54) is 6.07 Å². The number of carbonyl (C=O) groups is 2. The predicted octanol–water partition coefficient (Wildman–Crippen LogP) is 0.705. The minimum absolute atomic E-state index is 0.00288. The Bertz CT molecular complexity index is 680. The molecule has 1 aromatic rings. The Morgan fingerprint density at radius 3 is 3.00 bits per heavy atom. The Hall–Kier alpha value is -2.15. The van der Waals surface area contributed by atoms with Crippen LogP contribution in [-0.2, 0) is 9.53 Å². The summed E-state index contributed by atoms with van der Waals surface area (Å²) in [6.45, 7) is 1.51. The summed E-state index contributed by atoms with van der Waals surface area (Å²) in [5.74, 6) is -1.67. The minimum Gasteiger partial charge on any atom is -0.505 e. The zero-order valence-corrected chi connectivity index (χ0v) is 11.8. The van der Waals surface area contributed by atoms with Crippen molar-refractivity contribution >= 4 is 11.8 Å². The van der Waals surface area contributed by atoms with Crippen molar-refractivity contribution in [3.05, 3.63) is 29.6 Å². The topological polar surface area (TPSA) is 70.1 Å². The van der Waals surface area contributed by atoms with Gasteiger partial charge in [0.05, 0.1) is 19.1 Å². The highest BCUT2D eigenvalue weighted by Gasteiger charge is 2.62. The van der Waals surface area contributed by atoms with Gasteiger partial charge in [-0.15, -0.1) is 0 Å². The van der Waals surface area contributed by atoms with Gasteiger partial charge in [-0.3, -0.25) is 9.59 Å². The molecule has 0 unspecified atom stereocenters. The summed E-state index contributed by atoms with van der Waals surface area (Å²) < 4.78 is 19.3. The highest BCUT2D eigenvalue weighted by Crippen LogP contribution is 2.45. The van der Waals surface area contributed by atoms with E-state index in [0.717, 1.165) is 12.1 Å². The molecule has 7 heteroatoms. The average Bonchev–Trinajstić information content (AvgIpc) is 3.13. The molecule has 1 spiro atoms. The lowest BCUT2D eigenvalue weighted by Crippen LogP contribution is -2.48. The number of benzene rings is 1. The van der Waals surface area contributed by atoms with Crippen LogP contribution in [0.1, 0.15) is 23.2 Å². The third-order valence-electron chi connectivity index (χ3n) is 4.86. The average molecular weight is 306 g/mol. The first-order chi connectivity index (χ1) is 10.5. The molecule has 1 aromatic carbocycles. The van der Waals surface area contributed by atoms with Crippen molar-refractivity contribution in [1.82, 2.24) is 9.80 Å². The second-order valence-corrected chi connectivity index (χ2v) is 5.87. The molecule has 0 aromatic heterocycles. The maximum atomic E-state index is 13.5. The lowest BCUT2D eigenvalue weighted by molar-refractivity contribution is -0.136. The molecule has 3 fully saturated rings. The van der Waals surface area contributed by atoms with Gasteiger partial charge in [0.15, 0.2) is 17.3 Å². The fourth-order valence-electron chi connectivity index (χ4n) is 3.84. The number of amides is 2. The normalized spacial score (nSPS) is 29.9. The monoisotopic (exact) mass is 306 g/mol. The number of hydrogen-bond donors (Lipinski definition) is 1. The summed E-state index contributed by atoms with van der Waals surface area (Å²) >= 11 is 0. The van der Waals surface area contributed by atoms with E-state index in [1.807, 2.05) is 0 Å². The van der Waals surface area contributed by atoms with Gasteiger partial charge < -0.3 is 19.6 Å². The quantitative estimate of drug-likeness (QED) is 0.829. The first kappa shape index (κ1) is 13.5. The van der Waals surface area contributed by atoms with Crippen LogP contribution in [0.5, 0.6) is 5.75 Å². The fourth-order valence-corrected chi connectivity index (χ4v) is 3.84. The van der Waals surface area contributed by atoms with E-state index >= 15 is 0 Å². The molecule has 3 aliphatic heterocycles. The van der Waals surface area contributed by atoms with Crippen LogP contribution in [0.2, 0.25) is 0 Å². The van der Waals surface area contributed by atoms with Crippen molar-refractivity contribution in [1.29, 1.82) is 0 Å². The second kappa shape index (κ2) is 4.42. The van der Waals surface area contributed by atoms with Gasteiger partial charge in [-0.2, -0.15) is 0 Å². The Morgan fingerprint density at radius 1 is 1.41 bits per heavy atom. The van der Waals surface area contributed by atoms with E-state index in [4.69, 9.17) is 4.74 Å². The molecule has 0 radical (unpaired) electrons. The van der Waals surface area contributed by atoms with Crippen LogP contribution in [0.25, 0.3) is 0 Å². The Morgan fingerprint density at radius 2 is 2.23 bits per heavy atom. The maximum Gasteiger partial charge on any atom is 0.254 e. The third-order valence-corrected chi connectivity index (χ3v) is 4.86. The number of aromatic hydroxyl groups is 1. The smallest absolute Gasteiger partial charge is 0.254 e. The largest absolute Gasteiger partial charge is 0.505 e. The van der Waals surface area contributed by atoms with Crippen molar-refractivity contribution in [2.45, 2.75) is 24.6 Å². The highest BCUT2D eigenvalue weighted by molar-refractivity contribution is 5.96. The van der Waals surface area contributed by atoms with E-state index in [2.05, 4.69) is 0 Å². The number of ether oxygens (including phenoxy) is 1. The molecule has 3 heterocycles. The highest BCUT2D eigenvalue weighted by atomic mass is 19.1. The van der Waals surface area contributed by atoms with Gasteiger partial charge in [-0.05, 0) is 18.2 Å². The number of likely N-dealkylation sites (tertiary alicyclic amines) is 1. The van der Waals surface area contributed by atoms with Gasteiger partial charge in [0.1, 0.15) is 0 Å². The van der Waals surface area contributed by atoms with Crippen molar-refractivity contribution in [2.75, 3.05) is 19.7 Å². The zero-order chi connectivity index (χ0) is 15.5. The second-order valence-electron chi connectivity index (χ2n) is 5.87. The van der Waals surface area contributed by atoms with Crippen LogP contribution in [0.4, 0.5) is 4.39 Å². The van der Waals surface area contributed by atoms with Gasteiger partial charge in [0, 0.05) is 25.1 Å². The van der Waals surface area contributed by atoms with E-state index < -0.39 is 17.3 Å². The van der Waals surface area contributed by atoms with Crippen molar-refractivity contribution in [3.8, 4) is 5.75 Å². The molecule has 3 aliphatic rings. The number of rotatable bonds is 1. The summed E-state index contributed by atoms with van der Waals surface area (Å²) in [5.41, 5.74) is -0.529. The van der Waals surface area contributed by atoms with Gasteiger partial charge in [-0.1, -0.05) is 0 Å². The molecule has 22 heavy (non-hydrogen) atoms. The number of phenols is 1. The molecule has 4 rings (SSSR count). The lowest BCUT2D eigenvalue weighted by Gasteiger charge is -2.31. The molecule has 0 bridgehead atoms. The standard InChI is InChI=1S/C15H15FN2O4/c16-10-7-9(1-2-11(10)19)14(21)17-4-3-15-12(17)8-13(20)18(15)5-6-22-15/h1-2,7,12,19H,3-6,8H2/t12-,15+/m1/s1. The van der Waals surface area contributed by atoms with E-state index in [1.54, 1.807) is 9.80 Å². The van der Waals surface area contributed by atoms with E-state index in [0.29, 0.717) is 26.1 Å². The summed E-state index contributed by atoms with van der Waals surface area (Å²) in [4.78, 5) is 28.0. The molecule has 2 atom stereocenters. The molecule has 0 aliphatic carbocycles. The lowest BCUT2D eigenvalue weighted by atomic mass is 10.1. The molecular formula is C15H15FN2O4. The fraction of sp³-hybridized carbons (Fsp3) is 0.467. The Labute approximate surface area is 126 Å². The summed E-state index contributed by atoms with van der Waals surface area (Å²) in [5, 5.41) is 9.23.